The molecule has 0 unspecified atom stereocenters. The Kier molecular flexibility index (Phi) is 2.72. The molecule has 2 aromatic heterocycles. The zero-order chi connectivity index (χ0) is 11.7. The molecule has 0 radical (unpaired) electrons. The molecule has 3 heterocycles. The normalized spacial score (nSPS) is 19.4. The number of hydrogen-bond acceptors (Lipinski definition) is 4. The second-order valence-corrected chi connectivity index (χ2v) is 5.74. The largest absolute Gasteiger partial charge is 0.317 e. The molecular formula is C12H16N4S. The standard InChI is InChI=1S/C12H16N4S/c1-12(4-6-13-7-5-12)11-14-10(15-16-11)9-3-2-8-17-9/h2-3,8,13H,4-7H2,1H3,(H,14,15,16). The minimum absolute atomic E-state index is 0.147. The molecule has 0 aliphatic carbocycles. The SMILES string of the molecule is CC1(c2nc(-c3cccs3)n[nH]2)CCNCC1. The van der Waals surface area contributed by atoms with E-state index in [1.54, 1.807) is 11.3 Å². The van der Waals surface area contributed by atoms with Gasteiger partial charge in [-0.3, -0.25) is 5.10 Å². The molecular weight excluding hydrogens is 232 g/mol. The molecule has 3 rings (SSSR count). The Morgan fingerprint density at radius 3 is 2.88 bits per heavy atom. The van der Waals surface area contributed by atoms with E-state index >= 15 is 0 Å². The van der Waals surface area contributed by atoms with Crippen LogP contribution in [0.4, 0.5) is 0 Å². The maximum absolute atomic E-state index is 4.66. The number of nitrogens with zero attached hydrogens (tertiary/aromatic N) is 2. The van der Waals surface area contributed by atoms with Gasteiger partial charge in [0, 0.05) is 5.41 Å². The van der Waals surface area contributed by atoms with Crippen LogP contribution in [0.25, 0.3) is 10.7 Å². The summed E-state index contributed by atoms with van der Waals surface area (Å²) in [7, 11) is 0. The molecule has 5 heteroatoms. The summed E-state index contributed by atoms with van der Waals surface area (Å²) in [6, 6.07) is 4.09. The Hall–Kier alpha value is -1.20. The molecule has 1 fully saturated rings. The van der Waals surface area contributed by atoms with E-state index in [1.165, 1.54) is 0 Å². The fourth-order valence-corrected chi connectivity index (χ4v) is 2.92. The van der Waals surface area contributed by atoms with Gasteiger partial charge in [-0.25, -0.2) is 4.98 Å². The van der Waals surface area contributed by atoms with Crippen molar-refractivity contribution in [1.82, 2.24) is 20.5 Å². The summed E-state index contributed by atoms with van der Waals surface area (Å²) < 4.78 is 0. The van der Waals surface area contributed by atoms with Crippen LogP contribution >= 0.6 is 11.3 Å². The van der Waals surface area contributed by atoms with Crippen LogP contribution in [-0.2, 0) is 5.41 Å². The summed E-state index contributed by atoms with van der Waals surface area (Å²) in [6.45, 7) is 4.39. The second kappa shape index (κ2) is 4.23. The van der Waals surface area contributed by atoms with Gasteiger partial charge >= 0.3 is 0 Å². The summed E-state index contributed by atoms with van der Waals surface area (Å²) in [5.41, 5.74) is 0.147. The monoisotopic (exact) mass is 248 g/mol. The van der Waals surface area contributed by atoms with E-state index in [0.717, 1.165) is 42.5 Å². The van der Waals surface area contributed by atoms with E-state index in [-0.39, 0.29) is 5.41 Å². The van der Waals surface area contributed by atoms with Gasteiger partial charge in [-0.2, -0.15) is 5.10 Å². The van der Waals surface area contributed by atoms with Gasteiger partial charge in [0.2, 0.25) is 0 Å². The molecule has 0 bridgehead atoms. The molecule has 0 amide bonds. The van der Waals surface area contributed by atoms with E-state index in [0.29, 0.717) is 0 Å². The molecule has 0 spiro atoms. The third-order valence-electron chi connectivity index (χ3n) is 3.51. The Morgan fingerprint density at radius 2 is 2.18 bits per heavy atom. The molecule has 2 N–H and O–H groups in total. The average Bonchev–Trinajstić information content (AvgIpc) is 3.01. The average molecular weight is 248 g/mol. The maximum Gasteiger partial charge on any atom is 0.191 e. The fraction of sp³-hybridized carbons (Fsp3) is 0.500. The van der Waals surface area contributed by atoms with E-state index in [1.807, 2.05) is 6.07 Å². The van der Waals surface area contributed by atoms with Crippen molar-refractivity contribution in [2.45, 2.75) is 25.2 Å². The van der Waals surface area contributed by atoms with Crippen LogP contribution in [0, 0.1) is 0 Å². The first-order valence-corrected chi connectivity index (χ1v) is 6.83. The first kappa shape index (κ1) is 10.9. The van der Waals surface area contributed by atoms with Gasteiger partial charge < -0.3 is 5.32 Å². The smallest absolute Gasteiger partial charge is 0.191 e. The number of H-pyrrole nitrogens is 1. The molecule has 1 saturated heterocycles. The van der Waals surface area contributed by atoms with Crippen LogP contribution < -0.4 is 5.32 Å². The van der Waals surface area contributed by atoms with Crippen molar-refractivity contribution in [2.75, 3.05) is 13.1 Å². The lowest BCUT2D eigenvalue weighted by molar-refractivity contribution is 0.320. The van der Waals surface area contributed by atoms with Gasteiger partial charge in [0.15, 0.2) is 5.82 Å². The van der Waals surface area contributed by atoms with Crippen molar-refractivity contribution in [3.05, 3.63) is 23.3 Å². The third-order valence-corrected chi connectivity index (χ3v) is 4.37. The quantitative estimate of drug-likeness (QED) is 0.856. The van der Waals surface area contributed by atoms with Crippen LogP contribution in [0.1, 0.15) is 25.6 Å². The van der Waals surface area contributed by atoms with E-state index in [2.05, 4.69) is 38.9 Å². The molecule has 0 saturated carbocycles. The highest BCUT2D eigenvalue weighted by molar-refractivity contribution is 7.13. The Labute approximate surface area is 104 Å². The molecule has 0 atom stereocenters. The van der Waals surface area contributed by atoms with Crippen molar-refractivity contribution in [1.29, 1.82) is 0 Å². The number of nitrogens with one attached hydrogen (secondary N) is 2. The summed E-state index contributed by atoms with van der Waals surface area (Å²) in [5, 5.41) is 12.9. The molecule has 4 nitrogen and oxygen atoms in total. The first-order chi connectivity index (χ1) is 8.28. The van der Waals surface area contributed by atoms with Crippen LogP contribution in [0.5, 0.6) is 0 Å². The number of rotatable bonds is 2. The highest BCUT2D eigenvalue weighted by Gasteiger charge is 2.32. The summed E-state index contributed by atoms with van der Waals surface area (Å²) >= 11 is 1.68. The zero-order valence-electron chi connectivity index (χ0n) is 9.86. The Balaban J connectivity index is 1.89. The minimum Gasteiger partial charge on any atom is -0.317 e. The lowest BCUT2D eigenvalue weighted by atomic mass is 9.80. The fourth-order valence-electron chi connectivity index (χ4n) is 2.26. The molecule has 2 aromatic rings. The van der Waals surface area contributed by atoms with E-state index in [9.17, 15) is 0 Å². The Bertz CT molecular complexity index is 482. The third kappa shape index (κ3) is 2.00. The number of aromatic nitrogens is 3. The highest BCUT2D eigenvalue weighted by atomic mass is 32.1. The highest BCUT2D eigenvalue weighted by Crippen LogP contribution is 2.31. The number of aromatic amines is 1. The molecule has 17 heavy (non-hydrogen) atoms. The second-order valence-electron chi connectivity index (χ2n) is 4.80. The van der Waals surface area contributed by atoms with Gasteiger partial charge in [-0.05, 0) is 37.4 Å². The van der Waals surface area contributed by atoms with Crippen molar-refractivity contribution >= 4 is 11.3 Å². The molecule has 0 aromatic carbocycles. The van der Waals surface area contributed by atoms with Crippen molar-refractivity contribution < 1.29 is 0 Å². The van der Waals surface area contributed by atoms with Crippen LogP contribution in [0.15, 0.2) is 17.5 Å². The molecule has 1 aliphatic rings. The van der Waals surface area contributed by atoms with E-state index in [4.69, 9.17) is 0 Å². The summed E-state index contributed by atoms with van der Waals surface area (Å²) in [4.78, 5) is 5.79. The number of hydrogen-bond donors (Lipinski definition) is 2. The van der Waals surface area contributed by atoms with Crippen LogP contribution in [-0.4, -0.2) is 28.3 Å². The van der Waals surface area contributed by atoms with Crippen LogP contribution in [0.3, 0.4) is 0 Å². The topological polar surface area (TPSA) is 53.6 Å². The van der Waals surface area contributed by atoms with Gasteiger partial charge in [0.1, 0.15) is 5.82 Å². The maximum atomic E-state index is 4.66. The van der Waals surface area contributed by atoms with Crippen molar-refractivity contribution in [3.8, 4) is 10.7 Å². The molecule has 90 valence electrons. The number of piperidine rings is 1. The predicted molar refractivity (Wildman–Crippen MR) is 69.2 cm³/mol. The lowest BCUT2D eigenvalue weighted by Crippen LogP contribution is -2.38. The van der Waals surface area contributed by atoms with Gasteiger partial charge in [0.25, 0.3) is 0 Å². The minimum atomic E-state index is 0.147. The zero-order valence-corrected chi connectivity index (χ0v) is 10.7. The van der Waals surface area contributed by atoms with Gasteiger partial charge in [-0.1, -0.05) is 13.0 Å². The van der Waals surface area contributed by atoms with Gasteiger partial charge in [-0.15, -0.1) is 11.3 Å². The first-order valence-electron chi connectivity index (χ1n) is 5.95. The van der Waals surface area contributed by atoms with Gasteiger partial charge in [0.05, 0.1) is 4.88 Å². The predicted octanol–water partition coefficient (Wildman–Crippen LogP) is 2.17. The van der Waals surface area contributed by atoms with Crippen molar-refractivity contribution in [2.24, 2.45) is 0 Å². The van der Waals surface area contributed by atoms with Crippen LogP contribution in [0.2, 0.25) is 0 Å². The lowest BCUT2D eigenvalue weighted by Gasteiger charge is -2.31. The van der Waals surface area contributed by atoms with Crippen molar-refractivity contribution in [3.63, 3.8) is 0 Å². The van der Waals surface area contributed by atoms with E-state index < -0.39 is 0 Å². The Morgan fingerprint density at radius 1 is 1.35 bits per heavy atom. The number of thiophene rings is 1. The summed E-state index contributed by atoms with van der Waals surface area (Å²) in [5.74, 6) is 1.86. The summed E-state index contributed by atoms with van der Waals surface area (Å²) in [6.07, 6.45) is 2.23. The molecule has 1 aliphatic heterocycles.